The van der Waals surface area contributed by atoms with E-state index in [1.807, 2.05) is 33.8 Å². The van der Waals surface area contributed by atoms with Crippen LogP contribution in [0, 0.1) is 33.6 Å². The summed E-state index contributed by atoms with van der Waals surface area (Å²) < 4.78 is 32.9. The number of hydrogen-bond acceptors (Lipinski definition) is 5. The fourth-order valence-corrected chi connectivity index (χ4v) is 4.36. The van der Waals surface area contributed by atoms with Crippen LogP contribution in [0.15, 0.2) is 11.0 Å². The second kappa shape index (κ2) is 9.32. The minimum Gasteiger partial charge on any atom is -0.454 e. The molecule has 0 aliphatic rings. The van der Waals surface area contributed by atoms with Gasteiger partial charge in [-0.1, -0.05) is 19.9 Å². The summed E-state index contributed by atoms with van der Waals surface area (Å²) in [6, 6.07) is 0.810. The van der Waals surface area contributed by atoms with Crippen LogP contribution in [0.5, 0.6) is 0 Å². The number of hydrogen-bond donors (Lipinski definition) is 2. The van der Waals surface area contributed by atoms with E-state index in [-0.39, 0.29) is 10.8 Å². The Morgan fingerprint density at radius 2 is 1.56 bits per heavy atom. The van der Waals surface area contributed by atoms with Crippen molar-refractivity contribution < 1.29 is 22.7 Å². The van der Waals surface area contributed by atoms with Gasteiger partial charge in [0.1, 0.15) is 6.04 Å². The van der Waals surface area contributed by atoms with Crippen LogP contribution >= 0.6 is 0 Å². The number of esters is 1. The number of sulfonamides is 1. The fourth-order valence-electron chi connectivity index (χ4n) is 2.55. The topological polar surface area (TPSA) is 102 Å². The van der Waals surface area contributed by atoms with E-state index in [1.165, 1.54) is 6.92 Å². The normalized spacial score (nSPS) is 12.7. The Labute approximate surface area is 161 Å². The van der Waals surface area contributed by atoms with E-state index < -0.39 is 34.5 Å². The van der Waals surface area contributed by atoms with E-state index in [2.05, 4.69) is 10.0 Å². The summed E-state index contributed by atoms with van der Waals surface area (Å²) in [6.07, 6.45) is 0. The predicted molar refractivity (Wildman–Crippen MR) is 104 cm³/mol. The van der Waals surface area contributed by atoms with E-state index in [4.69, 9.17) is 4.74 Å². The summed E-state index contributed by atoms with van der Waals surface area (Å²) in [5.74, 6) is -0.953. The quantitative estimate of drug-likeness (QED) is 0.651. The van der Waals surface area contributed by atoms with Gasteiger partial charge in [0.15, 0.2) is 6.61 Å². The van der Waals surface area contributed by atoms with Crippen molar-refractivity contribution >= 4 is 21.9 Å². The molecule has 0 saturated carbocycles. The van der Waals surface area contributed by atoms with Crippen LogP contribution in [0.2, 0.25) is 0 Å². The van der Waals surface area contributed by atoms with Gasteiger partial charge in [-0.2, -0.15) is 4.72 Å². The monoisotopic (exact) mass is 398 g/mol. The van der Waals surface area contributed by atoms with Gasteiger partial charge in [-0.15, -0.1) is 0 Å². The maximum absolute atomic E-state index is 12.8. The Morgan fingerprint density at radius 3 is 2.04 bits per heavy atom. The molecule has 1 aromatic rings. The van der Waals surface area contributed by atoms with E-state index >= 15 is 0 Å². The zero-order chi connectivity index (χ0) is 20.9. The van der Waals surface area contributed by atoms with Crippen molar-refractivity contribution in [3.63, 3.8) is 0 Å². The largest absolute Gasteiger partial charge is 0.454 e. The molecular weight excluding hydrogens is 368 g/mol. The first kappa shape index (κ1) is 23.1. The van der Waals surface area contributed by atoms with Gasteiger partial charge in [0.05, 0.1) is 4.90 Å². The lowest BCUT2D eigenvalue weighted by Crippen LogP contribution is -2.41. The molecule has 0 aliphatic heterocycles. The van der Waals surface area contributed by atoms with Crippen molar-refractivity contribution in [1.82, 2.24) is 10.0 Å². The third-order valence-corrected chi connectivity index (χ3v) is 6.12. The van der Waals surface area contributed by atoms with Crippen molar-refractivity contribution in [2.45, 2.75) is 59.4 Å². The number of carbonyl (C=O) groups is 2. The Hall–Kier alpha value is -1.93. The summed E-state index contributed by atoms with van der Waals surface area (Å²) in [4.78, 5) is 23.9. The molecule has 7 nitrogen and oxygen atoms in total. The molecule has 0 aliphatic carbocycles. The molecule has 1 rings (SSSR count). The number of aryl methyl sites for hydroxylation is 2. The molecule has 8 heteroatoms. The van der Waals surface area contributed by atoms with E-state index in [0.29, 0.717) is 17.7 Å². The third-order valence-electron chi connectivity index (χ3n) is 4.30. The second-order valence-electron chi connectivity index (χ2n) is 7.24. The van der Waals surface area contributed by atoms with Crippen molar-refractivity contribution in [3.05, 3.63) is 28.3 Å². The molecule has 152 valence electrons. The van der Waals surface area contributed by atoms with E-state index in [0.717, 1.165) is 11.1 Å². The van der Waals surface area contributed by atoms with Crippen LogP contribution in [0.3, 0.4) is 0 Å². The molecule has 0 heterocycles. The highest BCUT2D eigenvalue weighted by atomic mass is 32.2. The standard InChI is InChI=1S/C19H30N2O5S/c1-11(2)9-20-17(22)10-26-19(23)16(7)21-27(24,25)18-14(5)12(3)8-13(4)15(18)6/h8,11,16,21H,9-10H2,1-7H3,(H,20,22)/t16-/m0/s1. The third kappa shape index (κ3) is 6.32. The van der Waals surface area contributed by atoms with Crippen LogP contribution in [-0.2, 0) is 24.3 Å². The maximum atomic E-state index is 12.8. The smallest absolute Gasteiger partial charge is 0.324 e. The van der Waals surface area contributed by atoms with Gasteiger partial charge < -0.3 is 10.1 Å². The lowest BCUT2D eigenvalue weighted by Gasteiger charge is -2.18. The van der Waals surface area contributed by atoms with Gasteiger partial charge in [0.2, 0.25) is 10.0 Å². The van der Waals surface area contributed by atoms with Crippen molar-refractivity contribution in [2.24, 2.45) is 5.92 Å². The average Bonchev–Trinajstić information content (AvgIpc) is 2.55. The van der Waals surface area contributed by atoms with Crippen LogP contribution in [0.4, 0.5) is 0 Å². The molecule has 27 heavy (non-hydrogen) atoms. The van der Waals surface area contributed by atoms with Crippen molar-refractivity contribution in [3.8, 4) is 0 Å². The predicted octanol–water partition coefficient (Wildman–Crippen LogP) is 1.90. The van der Waals surface area contributed by atoms with Gasteiger partial charge in [-0.05, 0) is 62.8 Å². The van der Waals surface area contributed by atoms with Gasteiger partial charge in [-0.25, -0.2) is 8.42 Å². The van der Waals surface area contributed by atoms with Crippen LogP contribution in [-0.4, -0.2) is 39.5 Å². The summed E-state index contributed by atoms with van der Waals surface area (Å²) >= 11 is 0. The number of benzene rings is 1. The number of amides is 1. The number of carbonyl (C=O) groups excluding carboxylic acids is 2. The lowest BCUT2D eigenvalue weighted by molar-refractivity contribution is -0.149. The first-order valence-corrected chi connectivity index (χ1v) is 10.4. The molecule has 0 radical (unpaired) electrons. The number of ether oxygens (including phenoxy) is 1. The van der Waals surface area contributed by atoms with Gasteiger partial charge >= 0.3 is 5.97 Å². The van der Waals surface area contributed by atoms with Gasteiger partial charge in [0, 0.05) is 6.54 Å². The molecule has 0 spiro atoms. The molecule has 0 aromatic heterocycles. The molecule has 0 bridgehead atoms. The Balaban J connectivity index is 2.83. The summed E-state index contributed by atoms with van der Waals surface area (Å²) in [7, 11) is -3.92. The minimum atomic E-state index is -3.92. The van der Waals surface area contributed by atoms with Crippen LogP contribution in [0.25, 0.3) is 0 Å². The molecule has 0 fully saturated rings. The molecule has 1 amide bonds. The first-order chi connectivity index (χ1) is 12.4. The maximum Gasteiger partial charge on any atom is 0.324 e. The SMILES string of the molecule is Cc1cc(C)c(C)c(S(=O)(=O)N[C@@H](C)C(=O)OCC(=O)NCC(C)C)c1C. The summed E-state index contributed by atoms with van der Waals surface area (Å²) in [5.41, 5.74) is 2.99. The Morgan fingerprint density at radius 1 is 1.04 bits per heavy atom. The number of rotatable bonds is 8. The summed E-state index contributed by atoms with van der Waals surface area (Å²) in [6.45, 7) is 12.5. The molecule has 0 unspecified atom stereocenters. The summed E-state index contributed by atoms with van der Waals surface area (Å²) in [5, 5.41) is 2.62. The second-order valence-corrected chi connectivity index (χ2v) is 8.89. The molecule has 1 atom stereocenters. The van der Waals surface area contributed by atoms with Gasteiger partial charge in [-0.3, -0.25) is 9.59 Å². The first-order valence-electron chi connectivity index (χ1n) is 8.89. The lowest BCUT2D eigenvalue weighted by atomic mass is 10.0. The van der Waals surface area contributed by atoms with Crippen LogP contribution < -0.4 is 10.0 Å². The fraction of sp³-hybridized carbons (Fsp3) is 0.579. The Bertz CT molecular complexity index is 790. The minimum absolute atomic E-state index is 0.175. The van der Waals surface area contributed by atoms with Crippen molar-refractivity contribution in [1.29, 1.82) is 0 Å². The zero-order valence-electron chi connectivity index (χ0n) is 17.1. The zero-order valence-corrected chi connectivity index (χ0v) is 17.9. The highest BCUT2D eigenvalue weighted by molar-refractivity contribution is 7.89. The Kier molecular flexibility index (Phi) is 7.98. The van der Waals surface area contributed by atoms with E-state index in [9.17, 15) is 18.0 Å². The molecule has 1 aromatic carbocycles. The number of nitrogens with one attached hydrogen (secondary N) is 2. The van der Waals surface area contributed by atoms with Crippen molar-refractivity contribution in [2.75, 3.05) is 13.2 Å². The highest BCUT2D eigenvalue weighted by Gasteiger charge is 2.27. The average molecular weight is 399 g/mol. The van der Waals surface area contributed by atoms with E-state index in [1.54, 1.807) is 13.8 Å². The highest BCUT2D eigenvalue weighted by Crippen LogP contribution is 2.26. The molecule has 0 saturated heterocycles. The van der Waals surface area contributed by atoms with Gasteiger partial charge in [0.25, 0.3) is 5.91 Å². The molecule has 2 N–H and O–H groups in total. The van der Waals surface area contributed by atoms with Crippen LogP contribution in [0.1, 0.15) is 43.0 Å². The molecular formula is C19H30N2O5S.